The van der Waals surface area contributed by atoms with E-state index in [0.29, 0.717) is 48.0 Å². The topological polar surface area (TPSA) is 104 Å². The molecule has 0 spiro atoms. The Balaban J connectivity index is 1.32. The van der Waals surface area contributed by atoms with Crippen molar-refractivity contribution >= 4 is 34.4 Å². The summed E-state index contributed by atoms with van der Waals surface area (Å²) in [6.45, 7) is 1.35. The summed E-state index contributed by atoms with van der Waals surface area (Å²) in [6.07, 6.45) is 4.21. The molecule has 0 aliphatic carbocycles. The van der Waals surface area contributed by atoms with E-state index in [4.69, 9.17) is 18.9 Å². The number of ether oxygens (including phenoxy) is 4. The molecule has 0 radical (unpaired) electrons. The van der Waals surface area contributed by atoms with E-state index in [9.17, 15) is 9.18 Å². The molecule has 2 amide bonds. The maximum absolute atomic E-state index is 15.0. The van der Waals surface area contributed by atoms with E-state index in [1.54, 1.807) is 30.0 Å². The van der Waals surface area contributed by atoms with Gasteiger partial charge in [-0.2, -0.15) is 11.8 Å². The molecule has 2 heterocycles. The molecule has 0 atom stereocenters. The van der Waals surface area contributed by atoms with E-state index in [0.717, 1.165) is 23.8 Å². The number of halogens is 2. The van der Waals surface area contributed by atoms with Crippen LogP contribution in [-0.4, -0.2) is 47.8 Å². The van der Waals surface area contributed by atoms with Gasteiger partial charge in [0.05, 0.1) is 12.1 Å². The van der Waals surface area contributed by atoms with Crippen LogP contribution >= 0.6 is 11.8 Å². The zero-order chi connectivity index (χ0) is 27.9. The lowest BCUT2D eigenvalue weighted by Crippen LogP contribution is -2.28. The Bertz CT molecular complexity index is 1510. The maximum Gasteiger partial charge on any atom is 0.319 e. The Morgan fingerprint density at radius 3 is 2.60 bits per heavy atom. The molecule has 5 rings (SSSR count). The van der Waals surface area contributed by atoms with Gasteiger partial charge in [-0.1, -0.05) is 12.1 Å². The minimum Gasteiger partial charge on any atom is -0.489 e. The van der Waals surface area contributed by atoms with Gasteiger partial charge in [0.25, 0.3) is 0 Å². The van der Waals surface area contributed by atoms with Gasteiger partial charge < -0.3 is 29.6 Å². The second kappa shape index (κ2) is 12.7. The van der Waals surface area contributed by atoms with Crippen LogP contribution in [0.4, 0.5) is 19.3 Å². The lowest BCUT2D eigenvalue weighted by molar-refractivity contribution is 0.164. The van der Waals surface area contributed by atoms with Crippen LogP contribution in [0.15, 0.2) is 54.9 Å². The molecule has 1 aromatic heterocycles. The fraction of sp³-hybridized carbons (Fsp3) is 0.250. The fourth-order valence-corrected chi connectivity index (χ4v) is 4.38. The first kappa shape index (κ1) is 27.3. The highest BCUT2D eigenvalue weighted by Crippen LogP contribution is 2.48. The van der Waals surface area contributed by atoms with E-state index in [-0.39, 0.29) is 29.7 Å². The highest BCUT2D eigenvalue weighted by atomic mass is 32.2. The number of aromatic nitrogens is 2. The highest BCUT2D eigenvalue weighted by Gasteiger charge is 2.25. The SMILES string of the molecule is CSCCCOc1cc2ncnc(Oc3ccc(NC(=O)NCc4ccc(F)cc4)cc3F)c2c2c1OCCO2. The van der Waals surface area contributed by atoms with Crippen LogP contribution in [0, 0.1) is 11.6 Å². The number of nitrogens with one attached hydrogen (secondary N) is 2. The van der Waals surface area contributed by atoms with Gasteiger partial charge in [-0.25, -0.2) is 23.5 Å². The number of thioether (sulfide) groups is 1. The Morgan fingerprint density at radius 1 is 1.02 bits per heavy atom. The number of carbonyl (C=O) groups is 1. The van der Waals surface area contributed by atoms with E-state index in [1.807, 2.05) is 6.26 Å². The summed E-state index contributed by atoms with van der Waals surface area (Å²) in [4.78, 5) is 20.8. The summed E-state index contributed by atoms with van der Waals surface area (Å²) in [5.74, 6) is 1.16. The van der Waals surface area contributed by atoms with E-state index >= 15 is 4.39 Å². The molecule has 2 N–H and O–H groups in total. The number of rotatable bonds is 10. The van der Waals surface area contributed by atoms with Crippen LogP contribution < -0.4 is 29.6 Å². The summed E-state index contributed by atoms with van der Waals surface area (Å²) < 4.78 is 51.6. The molecular formula is C28H26F2N4O5S. The molecule has 9 nitrogen and oxygen atoms in total. The van der Waals surface area contributed by atoms with Crippen LogP contribution in [0.3, 0.4) is 0 Å². The van der Waals surface area contributed by atoms with Crippen LogP contribution in [0.5, 0.6) is 28.9 Å². The third kappa shape index (κ3) is 6.45. The number of anilines is 1. The van der Waals surface area contributed by atoms with Crippen LogP contribution in [0.2, 0.25) is 0 Å². The van der Waals surface area contributed by atoms with Gasteiger partial charge in [0.2, 0.25) is 11.6 Å². The standard InChI is InChI=1S/C28H26F2N4O5S/c1-40-12-2-9-36-23-14-21-24(26-25(23)37-10-11-38-26)27(33-16-32-21)39-22-8-7-19(13-20(22)30)34-28(35)31-15-17-3-5-18(29)6-4-17/h3-8,13-14,16H,2,9-12,15H2,1H3,(H2,31,34,35). The Labute approximate surface area is 233 Å². The average Bonchev–Trinajstić information content (AvgIpc) is 2.96. The lowest BCUT2D eigenvalue weighted by atomic mass is 10.1. The largest absolute Gasteiger partial charge is 0.489 e. The van der Waals surface area contributed by atoms with Gasteiger partial charge in [0.1, 0.15) is 30.7 Å². The summed E-state index contributed by atoms with van der Waals surface area (Å²) in [5.41, 5.74) is 1.42. The maximum atomic E-state index is 15.0. The number of nitrogens with zero attached hydrogens (tertiary/aromatic N) is 2. The molecule has 208 valence electrons. The minimum absolute atomic E-state index is 0.0809. The van der Waals surface area contributed by atoms with E-state index in [2.05, 4.69) is 20.6 Å². The molecule has 3 aromatic carbocycles. The van der Waals surface area contributed by atoms with Crippen molar-refractivity contribution in [2.24, 2.45) is 0 Å². The number of hydrogen-bond acceptors (Lipinski definition) is 8. The van der Waals surface area contributed by atoms with E-state index < -0.39 is 11.8 Å². The average molecular weight is 569 g/mol. The zero-order valence-electron chi connectivity index (χ0n) is 21.5. The molecular weight excluding hydrogens is 542 g/mol. The molecule has 0 fully saturated rings. The number of urea groups is 1. The predicted molar refractivity (Wildman–Crippen MR) is 148 cm³/mol. The Morgan fingerprint density at radius 2 is 1.82 bits per heavy atom. The first-order chi connectivity index (χ1) is 19.5. The van der Waals surface area contributed by atoms with Gasteiger partial charge in [-0.05, 0) is 48.3 Å². The molecule has 1 aliphatic heterocycles. The number of carbonyl (C=O) groups excluding carboxylic acids is 1. The number of benzene rings is 3. The van der Waals surface area contributed by atoms with E-state index in [1.165, 1.54) is 30.6 Å². The van der Waals surface area contributed by atoms with Gasteiger partial charge in [0, 0.05) is 24.4 Å². The molecule has 12 heteroatoms. The van der Waals surface area contributed by atoms with Crippen molar-refractivity contribution in [2.45, 2.75) is 13.0 Å². The molecule has 1 aliphatic rings. The van der Waals surface area contributed by atoms with Crippen LogP contribution in [0.25, 0.3) is 10.9 Å². The normalized spacial score (nSPS) is 12.2. The van der Waals surface area contributed by atoms with Crippen LogP contribution in [-0.2, 0) is 6.54 Å². The minimum atomic E-state index is -0.720. The first-order valence-corrected chi connectivity index (χ1v) is 13.9. The van der Waals surface area contributed by atoms with Crippen molar-refractivity contribution < 1.29 is 32.5 Å². The van der Waals surface area contributed by atoms with Crippen molar-refractivity contribution in [1.82, 2.24) is 15.3 Å². The second-order valence-corrected chi connectivity index (χ2v) is 9.66. The predicted octanol–water partition coefficient (Wildman–Crippen LogP) is 5.93. The quantitative estimate of drug-likeness (QED) is 0.227. The first-order valence-electron chi connectivity index (χ1n) is 12.5. The number of fused-ring (bicyclic) bond motifs is 3. The molecule has 0 saturated carbocycles. The third-order valence-electron chi connectivity index (χ3n) is 5.86. The van der Waals surface area contributed by atoms with Crippen molar-refractivity contribution in [3.05, 3.63) is 72.1 Å². The van der Waals surface area contributed by atoms with Gasteiger partial charge in [-0.15, -0.1) is 0 Å². The zero-order valence-corrected chi connectivity index (χ0v) is 22.4. The molecule has 0 unspecified atom stereocenters. The summed E-state index contributed by atoms with van der Waals surface area (Å²) in [6, 6.07) is 10.9. The fourth-order valence-electron chi connectivity index (χ4n) is 3.98. The third-order valence-corrected chi connectivity index (χ3v) is 6.55. The monoisotopic (exact) mass is 568 g/mol. The smallest absolute Gasteiger partial charge is 0.319 e. The summed E-state index contributed by atoms with van der Waals surface area (Å²) in [7, 11) is 0. The second-order valence-electron chi connectivity index (χ2n) is 8.68. The highest BCUT2D eigenvalue weighted by molar-refractivity contribution is 7.98. The Hall–Kier alpha value is -4.32. The number of hydrogen-bond donors (Lipinski definition) is 2. The molecule has 0 bridgehead atoms. The lowest BCUT2D eigenvalue weighted by Gasteiger charge is -2.23. The molecule has 4 aromatic rings. The van der Waals surface area contributed by atoms with Gasteiger partial charge >= 0.3 is 6.03 Å². The molecule has 0 saturated heterocycles. The van der Waals surface area contributed by atoms with Crippen molar-refractivity contribution in [2.75, 3.05) is 37.1 Å². The summed E-state index contributed by atoms with van der Waals surface area (Å²) in [5, 5.41) is 5.62. The number of amides is 2. The Kier molecular flexibility index (Phi) is 8.65. The van der Waals surface area contributed by atoms with Gasteiger partial charge in [0.15, 0.2) is 23.1 Å². The van der Waals surface area contributed by atoms with Gasteiger partial charge in [-0.3, -0.25) is 0 Å². The van der Waals surface area contributed by atoms with Crippen LogP contribution in [0.1, 0.15) is 12.0 Å². The summed E-state index contributed by atoms with van der Waals surface area (Å²) >= 11 is 1.74. The van der Waals surface area contributed by atoms with Crippen molar-refractivity contribution in [3.63, 3.8) is 0 Å². The molecule has 40 heavy (non-hydrogen) atoms. The van der Waals surface area contributed by atoms with Crippen molar-refractivity contribution in [3.8, 4) is 28.9 Å². The van der Waals surface area contributed by atoms with Crippen molar-refractivity contribution in [1.29, 1.82) is 0 Å².